The van der Waals surface area contributed by atoms with Gasteiger partial charge in [-0.15, -0.1) is 0 Å². The highest BCUT2D eigenvalue weighted by molar-refractivity contribution is 5.95. The number of hydrogen-bond acceptors (Lipinski definition) is 8. The summed E-state index contributed by atoms with van der Waals surface area (Å²) in [7, 11) is 5.25. The Bertz CT molecular complexity index is 1550. The Labute approximate surface area is 280 Å². The van der Waals surface area contributed by atoms with Gasteiger partial charge in [-0.3, -0.25) is 19.6 Å². The zero-order chi connectivity index (χ0) is 32.4. The molecule has 5 heterocycles. The molecule has 4 aliphatic rings. The van der Waals surface area contributed by atoms with Gasteiger partial charge in [0, 0.05) is 76.5 Å². The predicted octanol–water partition coefficient (Wildman–Crippen LogP) is 4.76. The second kappa shape index (κ2) is 14.2. The molecule has 3 aliphatic heterocycles. The van der Waals surface area contributed by atoms with Crippen LogP contribution in [0.2, 0.25) is 0 Å². The van der Waals surface area contributed by atoms with Crippen molar-refractivity contribution in [3.05, 3.63) is 52.7 Å². The van der Waals surface area contributed by atoms with E-state index in [1.165, 1.54) is 84.1 Å². The number of aryl methyl sites for hydroxylation is 1. The second-order valence-electron chi connectivity index (χ2n) is 14.8. The molecule has 3 saturated heterocycles. The lowest BCUT2D eigenvalue weighted by molar-refractivity contribution is 0.0120. The van der Waals surface area contributed by atoms with E-state index in [0.717, 1.165) is 78.3 Å². The molecule has 9 heteroatoms. The normalized spacial score (nSPS) is 22.2. The number of nitrogens with zero attached hydrogens (tertiary/aromatic N) is 5. The largest absolute Gasteiger partial charge is 0.496 e. The number of piperazine rings is 1. The highest BCUT2D eigenvalue weighted by Gasteiger charge is 2.40. The topological polar surface area (TPSA) is 75.1 Å². The van der Waals surface area contributed by atoms with Gasteiger partial charge in [0.1, 0.15) is 11.5 Å². The number of likely N-dealkylation sites (tertiary alicyclic amines) is 1. The van der Waals surface area contributed by atoms with Crippen LogP contribution in [0.1, 0.15) is 56.9 Å². The molecule has 0 atom stereocenters. The zero-order valence-electron chi connectivity index (χ0n) is 28.8. The maximum absolute atomic E-state index is 12.8. The molecule has 4 fully saturated rings. The summed E-state index contributed by atoms with van der Waals surface area (Å²) in [6.07, 6.45) is 16.4. The van der Waals surface area contributed by atoms with Crippen LogP contribution >= 0.6 is 0 Å². The molecule has 7 rings (SSSR count). The van der Waals surface area contributed by atoms with E-state index in [1.54, 1.807) is 38.2 Å². The number of methoxy groups -OCH3 is 2. The summed E-state index contributed by atoms with van der Waals surface area (Å²) in [5, 5.41) is 5.00. The molecule has 0 radical (unpaired) electrons. The Morgan fingerprint density at radius 3 is 2.21 bits per heavy atom. The van der Waals surface area contributed by atoms with Gasteiger partial charge in [-0.1, -0.05) is 0 Å². The molecule has 1 aromatic carbocycles. The number of ether oxygens (including phenoxy) is 2. The standard InChI is InChI=1S/C38H54N6O3/c1-41-26-33(31-8-15-40-24-32(31)37(41)45)29-22-35(46-2)34(36(23-29)47-3)27-43-18-20-44(21-19-43)30-4-9-38(10-5-30)11-16-42(17-12-38)25-28-6-13-39-14-7-28/h8,15,22-24,26,28,30,39H,4-7,9-14,16-21,25,27H2,1-3H3. The second-order valence-corrected chi connectivity index (χ2v) is 14.8. The van der Waals surface area contributed by atoms with E-state index in [1.807, 2.05) is 12.3 Å². The lowest BCUT2D eigenvalue weighted by Gasteiger charge is -2.49. The Balaban J connectivity index is 0.949. The Morgan fingerprint density at radius 2 is 1.55 bits per heavy atom. The minimum atomic E-state index is -0.0528. The Hall–Kier alpha value is -2.98. The SMILES string of the molecule is COc1cc(-c2cn(C)c(=O)c3cnccc23)cc(OC)c1CN1CCN(C2CCC3(CC2)CCN(CC2CCNCC2)CC3)CC1. The molecule has 0 unspecified atom stereocenters. The molecular weight excluding hydrogens is 588 g/mol. The maximum atomic E-state index is 12.8. The van der Waals surface area contributed by atoms with Crippen LogP contribution in [-0.2, 0) is 13.6 Å². The molecule has 0 amide bonds. The first-order valence-corrected chi connectivity index (χ1v) is 18.0. The summed E-state index contributed by atoms with van der Waals surface area (Å²) in [6.45, 7) is 11.6. The molecule has 9 nitrogen and oxygen atoms in total. The molecule has 1 saturated carbocycles. The molecular formula is C38H54N6O3. The summed E-state index contributed by atoms with van der Waals surface area (Å²) in [6, 6.07) is 6.82. The van der Waals surface area contributed by atoms with E-state index in [4.69, 9.17) is 9.47 Å². The highest BCUT2D eigenvalue weighted by Crippen LogP contribution is 2.46. The number of pyridine rings is 2. The van der Waals surface area contributed by atoms with Crippen LogP contribution in [0, 0.1) is 11.3 Å². The van der Waals surface area contributed by atoms with E-state index in [0.29, 0.717) is 10.8 Å². The third kappa shape index (κ3) is 6.95. The zero-order valence-corrected chi connectivity index (χ0v) is 28.8. The number of benzene rings is 1. The first-order valence-electron chi connectivity index (χ1n) is 18.0. The molecule has 0 bridgehead atoms. The molecule has 47 heavy (non-hydrogen) atoms. The molecule has 1 spiro atoms. The minimum absolute atomic E-state index is 0.0528. The van der Waals surface area contributed by atoms with Crippen molar-refractivity contribution in [3.8, 4) is 22.6 Å². The van der Waals surface area contributed by atoms with Crippen molar-refractivity contribution in [2.45, 2.75) is 64.0 Å². The number of fused-ring (bicyclic) bond motifs is 1. The summed E-state index contributed by atoms with van der Waals surface area (Å²) in [4.78, 5) is 25.1. The van der Waals surface area contributed by atoms with Gasteiger partial charge < -0.3 is 24.3 Å². The Kier molecular flexibility index (Phi) is 9.87. The van der Waals surface area contributed by atoms with Crippen molar-refractivity contribution in [1.29, 1.82) is 0 Å². The molecule has 1 aliphatic carbocycles. The number of aromatic nitrogens is 2. The van der Waals surface area contributed by atoms with E-state index in [-0.39, 0.29) is 5.56 Å². The number of nitrogens with one attached hydrogen (secondary N) is 1. The number of piperidine rings is 2. The number of rotatable bonds is 8. The third-order valence-electron chi connectivity index (χ3n) is 12.1. The fraction of sp³-hybridized carbons (Fsp3) is 0.632. The van der Waals surface area contributed by atoms with Crippen molar-refractivity contribution >= 4 is 10.8 Å². The summed E-state index contributed by atoms with van der Waals surface area (Å²) in [5.74, 6) is 2.54. The lowest BCUT2D eigenvalue weighted by Crippen LogP contribution is -2.52. The molecule has 3 aromatic rings. The summed E-state index contributed by atoms with van der Waals surface area (Å²) >= 11 is 0. The van der Waals surface area contributed by atoms with Crippen LogP contribution in [0.25, 0.3) is 21.9 Å². The fourth-order valence-corrected chi connectivity index (χ4v) is 9.07. The average molecular weight is 643 g/mol. The van der Waals surface area contributed by atoms with Crippen LogP contribution < -0.4 is 20.3 Å². The van der Waals surface area contributed by atoms with Crippen molar-refractivity contribution in [3.63, 3.8) is 0 Å². The van der Waals surface area contributed by atoms with Gasteiger partial charge in [0.15, 0.2) is 0 Å². The van der Waals surface area contributed by atoms with E-state index in [2.05, 4.69) is 37.1 Å². The van der Waals surface area contributed by atoms with Crippen LogP contribution in [0.3, 0.4) is 0 Å². The monoisotopic (exact) mass is 642 g/mol. The van der Waals surface area contributed by atoms with Crippen molar-refractivity contribution in [2.24, 2.45) is 18.4 Å². The summed E-state index contributed by atoms with van der Waals surface area (Å²) < 4.78 is 13.6. The molecule has 2 aromatic heterocycles. The quantitative estimate of drug-likeness (QED) is 0.377. The van der Waals surface area contributed by atoms with Crippen LogP contribution in [0.4, 0.5) is 0 Å². The van der Waals surface area contributed by atoms with Crippen LogP contribution in [0.15, 0.2) is 41.6 Å². The van der Waals surface area contributed by atoms with Gasteiger partial charge >= 0.3 is 0 Å². The fourth-order valence-electron chi connectivity index (χ4n) is 9.07. The first kappa shape index (κ1) is 32.6. The van der Waals surface area contributed by atoms with Gasteiger partial charge in [-0.2, -0.15) is 0 Å². The van der Waals surface area contributed by atoms with Gasteiger partial charge in [0.2, 0.25) is 0 Å². The first-order chi connectivity index (χ1) is 22.9. The van der Waals surface area contributed by atoms with Crippen molar-refractivity contribution < 1.29 is 9.47 Å². The van der Waals surface area contributed by atoms with Crippen molar-refractivity contribution in [2.75, 3.05) is 73.1 Å². The Morgan fingerprint density at radius 1 is 0.872 bits per heavy atom. The van der Waals surface area contributed by atoms with Gasteiger partial charge in [0.05, 0.1) is 25.2 Å². The van der Waals surface area contributed by atoms with Gasteiger partial charge in [0.25, 0.3) is 5.56 Å². The highest BCUT2D eigenvalue weighted by atomic mass is 16.5. The van der Waals surface area contributed by atoms with Crippen LogP contribution in [-0.4, -0.2) is 103 Å². The van der Waals surface area contributed by atoms with Gasteiger partial charge in [-0.05, 0) is 118 Å². The third-order valence-corrected chi connectivity index (χ3v) is 12.1. The van der Waals surface area contributed by atoms with E-state index < -0.39 is 0 Å². The van der Waals surface area contributed by atoms with Gasteiger partial charge in [-0.25, -0.2) is 0 Å². The van der Waals surface area contributed by atoms with Crippen LogP contribution in [0.5, 0.6) is 11.5 Å². The predicted molar refractivity (Wildman–Crippen MR) is 188 cm³/mol. The summed E-state index contributed by atoms with van der Waals surface area (Å²) in [5.41, 5.74) is 3.55. The average Bonchev–Trinajstić information content (AvgIpc) is 3.12. The van der Waals surface area contributed by atoms with E-state index >= 15 is 0 Å². The molecule has 1 N–H and O–H groups in total. The van der Waals surface area contributed by atoms with E-state index in [9.17, 15) is 4.79 Å². The maximum Gasteiger partial charge on any atom is 0.259 e. The minimum Gasteiger partial charge on any atom is -0.496 e. The smallest absolute Gasteiger partial charge is 0.259 e. The molecule has 254 valence electrons. The number of hydrogen-bond donors (Lipinski definition) is 1. The van der Waals surface area contributed by atoms with Crippen molar-refractivity contribution in [1.82, 2.24) is 29.6 Å². The lowest BCUT2D eigenvalue weighted by atomic mass is 9.66.